The first-order valence-electron chi connectivity index (χ1n) is 8.34. The Morgan fingerprint density at radius 1 is 1.08 bits per heavy atom. The van der Waals surface area contributed by atoms with E-state index in [0.717, 1.165) is 28.1 Å². The normalized spacial score (nSPS) is 10.4. The number of hydrogen-bond acceptors (Lipinski definition) is 3. The van der Waals surface area contributed by atoms with Crippen molar-refractivity contribution in [2.75, 3.05) is 10.6 Å². The van der Waals surface area contributed by atoms with Gasteiger partial charge in [-0.25, -0.2) is 0 Å². The fraction of sp³-hybridized carbons (Fsp3) is 0.143. The maximum atomic E-state index is 12.5. The molecule has 26 heavy (non-hydrogen) atoms. The summed E-state index contributed by atoms with van der Waals surface area (Å²) in [6.45, 7) is 4.56. The largest absolute Gasteiger partial charge is 0.380 e. The van der Waals surface area contributed by atoms with Crippen LogP contribution in [0.25, 0.3) is 0 Å². The quantitative estimate of drug-likeness (QED) is 0.652. The Hall–Kier alpha value is -2.85. The van der Waals surface area contributed by atoms with Gasteiger partial charge in [0.05, 0.1) is 11.3 Å². The van der Waals surface area contributed by atoms with E-state index in [9.17, 15) is 4.79 Å². The third kappa shape index (κ3) is 4.41. The van der Waals surface area contributed by atoms with Crippen LogP contribution in [0.2, 0.25) is 5.02 Å². The van der Waals surface area contributed by atoms with Gasteiger partial charge in [0.1, 0.15) is 0 Å². The molecule has 0 saturated carbocycles. The lowest BCUT2D eigenvalue weighted by Gasteiger charge is -2.11. The molecule has 0 bridgehead atoms. The lowest BCUT2D eigenvalue weighted by atomic mass is 10.1. The van der Waals surface area contributed by atoms with Crippen LogP contribution in [0.3, 0.4) is 0 Å². The summed E-state index contributed by atoms with van der Waals surface area (Å²) >= 11 is 6.17. The molecule has 0 unspecified atom stereocenters. The first-order chi connectivity index (χ1) is 12.5. The standard InChI is InChI=1S/C21H20ClN3O/c1-14-7-8-20(15(2)9-14)25-21(26)17-10-18(13-23-11-17)24-12-16-5-3-4-6-19(16)22/h3-11,13,24H,12H2,1-2H3,(H,25,26). The Morgan fingerprint density at radius 3 is 2.65 bits per heavy atom. The van der Waals surface area contributed by atoms with E-state index in [1.54, 1.807) is 18.5 Å². The SMILES string of the molecule is Cc1ccc(NC(=O)c2cncc(NCc3ccccc3Cl)c2)c(C)c1. The molecule has 0 aliphatic heterocycles. The van der Waals surface area contributed by atoms with Gasteiger partial charge in [-0.05, 0) is 43.2 Å². The van der Waals surface area contributed by atoms with E-state index in [1.807, 2.05) is 56.3 Å². The van der Waals surface area contributed by atoms with Crippen molar-refractivity contribution in [2.45, 2.75) is 20.4 Å². The van der Waals surface area contributed by atoms with Crippen LogP contribution in [0.15, 0.2) is 60.9 Å². The molecule has 3 rings (SSSR count). The maximum Gasteiger partial charge on any atom is 0.257 e. The molecule has 5 heteroatoms. The van der Waals surface area contributed by atoms with E-state index in [1.165, 1.54) is 0 Å². The number of amides is 1. The van der Waals surface area contributed by atoms with Gasteiger partial charge in [-0.3, -0.25) is 9.78 Å². The number of aryl methyl sites for hydroxylation is 2. The fourth-order valence-corrected chi connectivity index (χ4v) is 2.85. The molecular formula is C21H20ClN3O. The Kier molecular flexibility index (Phi) is 5.54. The lowest BCUT2D eigenvalue weighted by Crippen LogP contribution is -2.13. The van der Waals surface area contributed by atoms with Gasteiger partial charge in [0.25, 0.3) is 5.91 Å². The number of pyridine rings is 1. The van der Waals surface area contributed by atoms with Gasteiger partial charge in [0.15, 0.2) is 0 Å². The molecular weight excluding hydrogens is 346 g/mol. The van der Waals surface area contributed by atoms with Crippen LogP contribution in [0.5, 0.6) is 0 Å². The molecule has 0 aliphatic carbocycles. The van der Waals surface area contributed by atoms with Crippen LogP contribution in [-0.2, 0) is 6.54 Å². The Morgan fingerprint density at radius 2 is 1.88 bits per heavy atom. The number of benzene rings is 2. The summed E-state index contributed by atoms with van der Waals surface area (Å²) in [5, 5.41) is 6.89. The average molecular weight is 366 g/mol. The molecule has 1 amide bonds. The number of hydrogen-bond donors (Lipinski definition) is 2. The molecule has 0 atom stereocenters. The molecule has 0 spiro atoms. The molecule has 0 aliphatic rings. The summed E-state index contributed by atoms with van der Waals surface area (Å²) in [6.07, 6.45) is 3.24. The third-order valence-electron chi connectivity index (χ3n) is 4.07. The van der Waals surface area contributed by atoms with Gasteiger partial charge in [-0.2, -0.15) is 0 Å². The van der Waals surface area contributed by atoms with E-state index >= 15 is 0 Å². The first kappa shape index (κ1) is 18.0. The molecule has 0 radical (unpaired) electrons. The monoisotopic (exact) mass is 365 g/mol. The molecule has 2 aromatic carbocycles. The number of halogens is 1. The Labute approximate surface area is 158 Å². The number of carbonyl (C=O) groups is 1. The van der Waals surface area contributed by atoms with Crippen molar-refractivity contribution in [2.24, 2.45) is 0 Å². The predicted octanol–water partition coefficient (Wildman–Crippen LogP) is 5.22. The number of rotatable bonds is 5. The van der Waals surface area contributed by atoms with Crippen LogP contribution in [0, 0.1) is 13.8 Å². The second-order valence-electron chi connectivity index (χ2n) is 6.18. The second-order valence-corrected chi connectivity index (χ2v) is 6.59. The lowest BCUT2D eigenvalue weighted by molar-refractivity contribution is 0.102. The highest BCUT2D eigenvalue weighted by Crippen LogP contribution is 2.19. The predicted molar refractivity (Wildman–Crippen MR) is 107 cm³/mol. The minimum Gasteiger partial charge on any atom is -0.380 e. The highest BCUT2D eigenvalue weighted by Gasteiger charge is 2.09. The zero-order valence-electron chi connectivity index (χ0n) is 14.7. The Balaban J connectivity index is 1.70. The van der Waals surface area contributed by atoms with Gasteiger partial charge >= 0.3 is 0 Å². The van der Waals surface area contributed by atoms with Crippen LogP contribution in [0.1, 0.15) is 27.0 Å². The van der Waals surface area contributed by atoms with Crippen LogP contribution in [0.4, 0.5) is 11.4 Å². The van der Waals surface area contributed by atoms with Gasteiger partial charge in [-0.15, -0.1) is 0 Å². The van der Waals surface area contributed by atoms with Crippen LogP contribution in [-0.4, -0.2) is 10.9 Å². The maximum absolute atomic E-state index is 12.5. The molecule has 1 heterocycles. The molecule has 132 valence electrons. The van der Waals surface area contributed by atoms with E-state index in [-0.39, 0.29) is 5.91 Å². The van der Waals surface area contributed by atoms with Crippen molar-refractivity contribution >= 4 is 28.9 Å². The summed E-state index contributed by atoms with van der Waals surface area (Å²) in [5.74, 6) is -0.189. The van der Waals surface area contributed by atoms with Gasteiger partial charge in [0, 0.05) is 29.6 Å². The van der Waals surface area contributed by atoms with E-state index in [2.05, 4.69) is 15.6 Å². The zero-order valence-corrected chi connectivity index (χ0v) is 15.5. The number of nitrogens with zero attached hydrogens (tertiary/aromatic N) is 1. The van der Waals surface area contributed by atoms with Crippen molar-refractivity contribution in [3.63, 3.8) is 0 Å². The highest BCUT2D eigenvalue weighted by molar-refractivity contribution is 6.31. The number of nitrogens with one attached hydrogen (secondary N) is 2. The Bertz CT molecular complexity index is 940. The minimum absolute atomic E-state index is 0.189. The molecule has 2 N–H and O–H groups in total. The van der Waals surface area contributed by atoms with Crippen molar-refractivity contribution in [1.82, 2.24) is 4.98 Å². The third-order valence-corrected chi connectivity index (χ3v) is 4.44. The second kappa shape index (κ2) is 8.02. The number of aromatic nitrogens is 1. The average Bonchev–Trinajstić information content (AvgIpc) is 2.63. The smallest absolute Gasteiger partial charge is 0.257 e. The highest BCUT2D eigenvalue weighted by atomic mass is 35.5. The number of carbonyl (C=O) groups excluding carboxylic acids is 1. The summed E-state index contributed by atoms with van der Waals surface area (Å²) in [6, 6.07) is 15.3. The van der Waals surface area contributed by atoms with E-state index in [0.29, 0.717) is 17.1 Å². The van der Waals surface area contributed by atoms with E-state index in [4.69, 9.17) is 11.6 Å². The van der Waals surface area contributed by atoms with Crippen molar-refractivity contribution in [3.8, 4) is 0 Å². The van der Waals surface area contributed by atoms with Crippen LogP contribution >= 0.6 is 11.6 Å². The van der Waals surface area contributed by atoms with E-state index < -0.39 is 0 Å². The van der Waals surface area contributed by atoms with Crippen LogP contribution < -0.4 is 10.6 Å². The molecule has 0 saturated heterocycles. The molecule has 1 aromatic heterocycles. The van der Waals surface area contributed by atoms with Gasteiger partial charge < -0.3 is 10.6 Å². The topological polar surface area (TPSA) is 54.0 Å². The summed E-state index contributed by atoms with van der Waals surface area (Å²) in [4.78, 5) is 16.7. The summed E-state index contributed by atoms with van der Waals surface area (Å²) in [7, 11) is 0. The zero-order chi connectivity index (χ0) is 18.5. The minimum atomic E-state index is -0.189. The summed E-state index contributed by atoms with van der Waals surface area (Å²) < 4.78 is 0. The van der Waals surface area contributed by atoms with Crippen molar-refractivity contribution in [3.05, 3.63) is 88.2 Å². The van der Waals surface area contributed by atoms with Gasteiger partial charge in [-0.1, -0.05) is 47.5 Å². The van der Waals surface area contributed by atoms with Crippen molar-refractivity contribution in [1.29, 1.82) is 0 Å². The number of anilines is 2. The van der Waals surface area contributed by atoms with Gasteiger partial charge in [0.2, 0.25) is 0 Å². The summed E-state index contributed by atoms with van der Waals surface area (Å²) in [5.41, 5.74) is 5.23. The first-order valence-corrected chi connectivity index (χ1v) is 8.71. The fourth-order valence-electron chi connectivity index (χ4n) is 2.65. The van der Waals surface area contributed by atoms with Crippen molar-refractivity contribution < 1.29 is 4.79 Å². The molecule has 3 aromatic rings. The molecule has 0 fully saturated rings. The molecule has 4 nitrogen and oxygen atoms in total.